The fraction of sp³-hybridized carbons (Fsp3) is 0.261. The molecule has 1 aliphatic rings. The summed E-state index contributed by atoms with van der Waals surface area (Å²) in [5.41, 5.74) is 0.274. The molecule has 2 aromatic carbocycles. The number of aromatic nitrogens is 2. The van der Waals surface area contributed by atoms with Crippen LogP contribution in [0, 0.1) is 17.6 Å². The Bertz CT molecular complexity index is 1030. The lowest BCUT2D eigenvalue weighted by molar-refractivity contribution is -0.125. The Morgan fingerprint density at radius 2 is 1.81 bits per heavy atom. The highest BCUT2D eigenvalue weighted by Crippen LogP contribution is 2.27. The number of anilines is 1. The number of carbonyl (C=O) groups is 1. The molecular formula is C23H22F2N4OS. The van der Waals surface area contributed by atoms with Gasteiger partial charge in [0.1, 0.15) is 16.7 Å². The van der Waals surface area contributed by atoms with Crippen molar-refractivity contribution >= 4 is 23.5 Å². The van der Waals surface area contributed by atoms with E-state index in [1.165, 1.54) is 12.1 Å². The van der Waals surface area contributed by atoms with Gasteiger partial charge in [0.15, 0.2) is 5.82 Å². The molecule has 1 N–H and O–H groups in total. The van der Waals surface area contributed by atoms with Crippen LogP contribution in [0.15, 0.2) is 70.6 Å². The Kier molecular flexibility index (Phi) is 6.76. The SMILES string of the molecule is O=C(NCc1ccc(F)cc1F)C1CCN(c2ccc(Sc3ccccc3)nn2)CC1. The van der Waals surface area contributed by atoms with Gasteiger partial charge in [-0.25, -0.2) is 8.78 Å². The van der Waals surface area contributed by atoms with Crippen LogP contribution in [0.3, 0.4) is 0 Å². The normalized spacial score (nSPS) is 14.5. The smallest absolute Gasteiger partial charge is 0.223 e. The van der Waals surface area contributed by atoms with Crippen molar-refractivity contribution in [3.63, 3.8) is 0 Å². The van der Waals surface area contributed by atoms with Crippen molar-refractivity contribution in [1.29, 1.82) is 0 Å². The molecule has 2 heterocycles. The highest BCUT2D eigenvalue weighted by atomic mass is 32.2. The number of benzene rings is 2. The summed E-state index contributed by atoms with van der Waals surface area (Å²) in [4.78, 5) is 15.7. The first-order valence-corrected chi connectivity index (χ1v) is 10.9. The van der Waals surface area contributed by atoms with Gasteiger partial charge in [0.05, 0.1) is 0 Å². The van der Waals surface area contributed by atoms with Crippen LogP contribution in [0.25, 0.3) is 0 Å². The molecule has 0 spiro atoms. The van der Waals surface area contributed by atoms with Gasteiger partial charge in [-0.2, -0.15) is 0 Å². The van der Waals surface area contributed by atoms with Gasteiger partial charge in [0, 0.05) is 42.1 Å². The first-order chi connectivity index (χ1) is 15.1. The number of halogens is 2. The first kappa shape index (κ1) is 21.2. The molecule has 160 valence electrons. The van der Waals surface area contributed by atoms with Crippen molar-refractivity contribution < 1.29 is 13.6 Å². The number of carbonyl (C=O) groups excluding carboxylic acids is 1. The maximum Gasteiger partial charge on any atom is 0.223 e. The zero-order valence-electron chi connectivity index (χ0n) is 16.8. The van der Waals surface area contributed by atoms with Crippen LogP contribution in [0.5, 0.6) is 0 Å². The molecule has 0 aliphatic carbocycles. The third-order valence-corrected chi connectivity index (χ3v) is 6.18. The molecule has 1 fully saturated rings. The topological polar surface area (TPSA) is 58.1 Å². The minimum absolute atomic E-state index is 0.0528. The van der Waals surface area contributed by atoms with E-state index in [2.05, 4.69) is 20.4 Å². The highest BCUT2D eigenvalue weighted by Gasteiger charge is 2.25. The third kappa shape index (κ3) is 5.58. The lowest BCUT2D eigenvalue weighted by Gasteiger charge is -2.31. The molecule has 0 atom stereocenters. The summed E-state index contributed by atoms with van der Waals surface area (Å²) in [6.07, 6.45) is 1.36. The van der Waals surface area contributed by atoms with Gasteiger partial charge in [0.2, 0.25) is 5.91 Å². The average Bonchev–Trinajstić information content (AvgIpc) is 2.80. The molecule has 0 unspecified atom stereocenters. The Morgan fingerprint density at radius 3 is 2.48 bits per heavy atom. The number of nitrogens with one attached hydrogen (secondary N) is 1. The van der Waals surface area contributed by atoms with Gasteiger partial charge in [-0.05, 0) is 43.2 Å². The van der Waals surface area contributed by atoms with Crippen molar-refractivity contribution in [2.75, 3.05) is 18.0 Å². The zero-order valence-corrected chi connectivity index (χ0v) is 17.6. The van der Waals surface area contributed by atoms with Gasteiger partial charge in [-0.3, -0.25) is 4.79 Å². The number of hydrogen-bond acceptors (Lipinski definition) is 5. The molecular weight excluding hydrogens is 418 g/mol. The first-order valence-electron chi connectivity index (χ1n) is 10.1. The molecule has 3 aromatic rings. The summed E-state index contributed by atoms with van der Waals surface area (Å²) in [6.45, 7) is 1.45. The van der Waals surface area contributed by atoms with Crippen LogP contribution < -0.4 is 10.2 Å². The minimum atomic E-state index is -0.650. The molecule has 0 bridgehead atoms. The number of rotatable bonds is 6. The average molecular weight is 441 g/mol. The molecule has 0 saturated carbocycles. The van der Waals surface area contributed by atoms with E-state index >= 15 is 0 Å². The molecule has 1 aromatic heterocycles. The standard InChI is InChI=1S/C23H22F2N4OS/c24-18-7-6-17(20(25)14-18)15-26-23(30)16-10-12-29(13-11-16)21-8-9-22(28-27-21)31-19-4-2-1-3-5-19/h1-9,14,16H,10-13,15H2,(H,26,30). The second-order valence-corrected chi connectivity index (χ2v) is 8.45. The van der Waals surface area contributed by atoms with Crippen molar-refractivity contribution in [2.24, 2.45) is 5.92 Å². The fourth-order valence-electron chi connectivity index (χ4n) is 3.51. The molecule has 1 amide bonds. The fourth-order valence-corrected chi connectivity index (χ4v) is 4.26. The number of hydrogen-bond donors (Lipinski definition) is 1. The maximum atomic E-state index is 13.7. The number of nitrogens with zero attached hydrogens (tertiary/aromatic N) is 3. The second kappa shape index (κ2) is 9.87. The van der Waals surface area contributed by atoms with E-state index in [0.29, 0.717) is 25.9 Å². The number of piperidine rings is 1. The van der Waals surface area contributed by atoms with Crippen LogP contribution in [0.2, 0.25) is 0 Å². The summed E-state index contributed by atoms with van der Waals surface area (Å²) in [7, 11) is 0. The summed E-state index contributed by atoms with van der Waals surface area (Å²) < 4.78 is 26.7. The quantitative estimate of drug-likeness (QED) is 0.614. The second-order valence-electron chi connectivity index (χ2n) is 7.36. The van der Waals surface area contributed by atoms with Crippen LogP contribution in [0.4, 0.5) is 14.6 Å². The van der Waals surface area contributed by atoms with Crippen LogP contribution in [0.1, 0.15) is 18.4 Å². The van der Waals surface area contributed by atoms with E-state index < -0.39 is 11.6 Å². The molecule has 1 aliphatic heterocycles. The summed E-state index contributed by atoms with van der Waals surface area (Å²) in [5, 5.41) is 12.2. The zero-order chi connectivity index (χ0) is 21.6. The molecule has 8 heteroatoms. The van der Waals surface area contributed by atoms with Crippen LogP contribution in [-0.4, -0.2) is 29.2 Å². The third-order valence-electron chi connectivity index (χ3n) is 5.25. The Labute approximate surface area is 183 Å². The highest BCUT2D eigenvalue weighted by molar-refractivity contribution is 7.99. The van der Waals surface area contributed by atoms with Crippen LogP contribution in [-0.2, 0) is 11.3 Å². The van der Waals surface area contributed by atoms with E-state index in [4.69, 9.17) is 0 Å². The number of amides is 1. The van der Waals surface area contributed by atoms with Crippen molar-refractivity contribution in [3.8, 4) is 0 Å². The van der Waals surface area contributed by atoms with Crippen LogP contribution >= 0.6 is 11.8 Å². The van der Waals surface area contributed by atoms with E-state index in [1.807, 2.05) is 42.5 Å². The van der Waals surface area contributed by atoms with E-state index in [1.54, 1.807) is 11.8 Å². The monoisotopic (exact) mass is 440 g/mol. The van der Waals surface area contributed by atoms with E-state index in [9.17, 15) is 13.6 Å². The molecule has 31 heavy (non-hydrogen) atoms. The summed E-state index contributed by atoms with van der Waals surface area (Å²) in [6, 6.07) is 17.3. The predicted octanol–water partition coefficient (Wildman–Crippen LogP) is 4.44. The van der Waals surface area contributed by atoms with Gasteiger partial charge in [0.25, 0.3) is 0 Å². The molecule has 4 rings (SSSR count). The molecule has 1 saturated heterocycles. The summed E-state index contributed by atoms with van der Waals surface area (Å²) >= 11 is 1.56. The van der Waals surface area contributed by atoms with E-state index in [0.717, 1.165) is 21.8 Å². The largest absolute Gasteiger partial charge is 0.355 e. The minimum Gasteiger partial charge on any atom is -0.355 e. The Hall–Kier alpha value is -3.00. The lowest BCUT2D eigenvalue weighted by atomic mass is 9.96. The van der Waals surface area contributed by atoms with Crippen molar-refractivity contribution in [1.82, 2.24) is 15.5 Å². The molecule has 0 radical (unpaired) electrons. The van der Waals surface area contributed by atoms with Crippen molar-refractivity contribution in [2.45, 2.75) is 29.3 Å². The Balaban J connectivity index is 1.26. The lowest BCUT2D eigenvalue weighted by Crippen LogP contribution is -2.40. The van der Waals surface area contributed by atoms with Gasteiger partial charge in [-0.15, -0.1) is 10.2 Å². The maximum absolute atomic E-state index is 13.7. The van der Waals surface area contributed by atoms with Gasteiger partial charge in [-0.1, -0.05) is 36.0 Å². The van der Waals surface area contributed by atoms with E-state index in [-0.39, 0.29) is 23.9 Å². The van der Waals surface area contributed by atoms with Gasteiger partial charge >= 0.3 is 0 Å². The van der Waals surface area contributed by atoms with Gasteiger partial charge < -0.3 is 10.2 Å². The predicted molar refractivity (Wildman–Crippen MR) is 116 cm³/mol. The summed E-state index contributed by atoms with van der Waals surface area (Å²) in [5.74, 6) is -0.730. The molecule has 5 nitrogen and oxygen atoms in total. The Morgan fingerprint density at radius 1 is 1.03 bits per heavy atom. The van der Waals surface area contributed by atoms with Crippen molar-refractivity contribution in [3.05, 3.63) is 77.9 Å².